The van der Waals surface area contributed by atoms with Gasteiger partial charge in [0.25, 0.3) is 0 Å². The van der Waals surface area contributed by atoms with Crippen molar-refractivity contribution in [1.29, 1.82) is 0 Å². The molecule has 2 aromatic carbocycles. The maximum Gasteiger partial charge on any atom is 0.407 e. The lowest BCUT2D eigenvalue weighted by atomic mass is 9.99. The van der Waals surface area contributed by atoms with Gasteiger partial charge in [-0.05, 0) is 55.0 Å². The van der Waals surface area contributed by atoms with Gasteiger partial charge < -0.3 is 31.7 Å². The Hall–Kier alpha value is -3.51. The Morgan fingerprint density at radius 2 is 1.71 bits per heavy atom. The number of carbonyl (C=O) groups is 1. The molecule has 9 nitrogen and oxygen atoms in total. The molecule has 232 valence electrons. The van der Waals surface area contributed by atoms with Gasteiger partial charge in [0.15, 0.2) is 5.96 Å². The molecule has 0 spiro atoms. The molecule has 2 aromatic rings. The first-order valence-electron chi connectivity index (χ1n) is 14.4. The molecule has 0 radical (unpaired) electrons. The molecule has 42 heavy (non-hydrogen) atoms. The third-order valence-corrected chi connectivity index (χ3v) is 7.00. The van der Waals surface area contributed by atoms with E-state index in [1.807, 2.05) is 38.1 Å². The molecule has 1 aliphatic rings. The molecule has 0 bridgehead atoms. The summed E-state index contributed by atoms with van der Waals surface area (Å²) in [4.78, 5) is 19.8. The van der Waals surface area contributed by atoms with E-state index in [1.54, 1.807) is 18.2 Å². The molecule has 7 N–H and O–H groups in total. The first kappa shape index (κ1) is 33.0. The highest BCUT2D eigenvalue weighted by atomic mass is 19.4. The Kier molecular flexibility index (Phi) is 12.7. The molecule has 3 rings (SSSR count). The third-order valence-electron chi connectivity index (χ3n) is 7.00. The lowest BCUT2D eigenvalue weighted by Crippen LogP contribution is -2.52. The lowest BCUT2D eigenvalue weighted by Gasteiger charge is -2.30. The second kappa shape index (κ2) is 16.2. The van der Waals surface area contributed by atoms with Crippen LogP contribution in [0.5, 0.6) is 0 Å². The summed E-state index contributed by atoms with van der Waals surface area (Å²) in [6.07, 6.45) is -3.23. The van der Waals surface area contributed by atoms with Gasteiger partial charge in [-0.25, -0.2) is 0 Å². The van der Waals surface area contributed by atoms with Crippen LogP contribution in [0.15, 0.2) is 59.6 Å². The second-order valence-corrected chi connectivity index (χ2v) is 10.9. The molecule has 1 aliphatic heterocycles. The highest BCUT2D eigenvalue weighted by molar-refractivity contribution is 5.82. The van der Waals surface area contributed by atoms with Crippen LogP contribution in [0.1, 0.15) is 44.7 Å². The number of nitrogens with zero attached hydrogens (tertiary/aromatic N) is 2. The number of nitrogens with one attached hydrogen (secondary N) is 3. The predicted octanol–water partition coefficient (Wildman–Crippen LogP) is 3.78. The number of guanidine groups is 1. The molecule has 1 heterocycles. The number of rotatable bonds is 15. The number of morpholine rings is 1. The van der Waals surface area contributed by atoms with Crippen LogP contribution in [0, 0.1) is 5.92 Å². The summed E-state index contributed by atoms with van der Waals surface area (Å²) >= 11 is 0. The zero-order valence-corrected chi connectivity index (χ0v) is 24.4. The summed E-state index contributed by atoms with van der Waals surface area (Å²) in [6.45, 7) is 7.57. The number of ether oxygens (including phenoxy) is 1. The Morgan fingerprint density at radius 3 is 2.31 bits per heavy atom. The molecule has 0 aromatic heterocycles. The fourth-order valence-electron chi connectivity index (χ4n) is 4.87. The SMILES string of the molecule is CC(C)C[C@H](N[C@@H](c1ccccc1)C(F)(F)F)C(=O)N[C@@H](CCCN=C(N)N)CNc1ccc(N2CCOCC2)cc1. The maximum absolute atomic E-state index is 14.1. The Labute approximate surface area is 246 Å². The monoisotopic (exact) mass is 591 g/mol. The topological polar surface area (TPSA) is 130 Å². The number of hydrogen-bond donors (Lipinski definition) is 5. The minimum atomic E-state index is -4.58. The second-order valence-electron chi connectivity index (χ2n) is 10.9. The molecular formula is C30H44F3N7O2. The Bertz CT molecular complexity index is 1100. The van der Waals surface area contributed by atoms with Crippen molar-refractivity contribution in [3.05, 3.63) is 60.2 Å². The van der Waals surface area contributed by atoms with E-state index in [-0.39, 0.29) is 29.9 Å². The van der Waals surface area contributed by atoms with E-state index in [4.69, 9.17) is 16.2 Å². The fourth-order valence-corrected chi connectivity index (χ4v) is 4.87. The number of anilines is 2. The number of aliphatic imine (C=N–C) groups is 1. The zero-order chi connectivity index (χ0) is 30.5. The Morgan fingerprint density at radius 1 is 1.05 bits per heavy atom. The van der Waals surface area contributed by atoms with Gasteiger partial charge in [-0.3, -0.25) is 15.1 Å². The van der Waals surface area contributed by atoms with Gasteiger partial charge in [0.2, 0.25) is 5.91 Å². The van der Waals surface area contributed by atoms with Gasteiger partial charge in [-0.15, -0.1) is 0 Å². The largest absolute Gasteiger partial charge is 0.407 e. The smallest absolute Gasteiger partial charge is 0.383 e. The van der Waals surface area contributed by atoms with Crippen molar-refractivity contribution in [2.24, 2.45) is 22.4 Å². The summed E-state index contributed by atoms with van der Waals surface area (Å²) in [5.74, 6) is -0.513. The molecular weight excluding hydrogens is 547 g/mol. The van der Waals surface area contributed by atoms with Gasteiger partial charge in [-0.1, -0.05) is 44.2 Å². The number of amides is 1. The van der Waals surface area contributed by atoms with Gasteiger partial charge in [0.1, 0.15) is 6.04 Å². The summed E-state index contributed by atoms with van der Waals surface area (Å²) in [5.41, 5.74) is 12.9. The predicted molar refractivity (Wildman–Crippen MR) is 161 cm³/mol. The summed E-state index contributed by atoms with van der Waals surface area (Å²) in [7, 11) is 0. The zero-order valence-electron chi connectivity index (χ0n) is 24.4. The van der Waals surface area contributed by atoms with Crippen LogP contribution in [0.4, 0.5) is 24.5 Å². The van der Waals surface area contributed by atoms with Crippen molar-refractivity contribution < 1.29 is 22.7 Å². The number of halogens is 3. The van der Waals surface area contributed by atoms with Crippen LogP contribution in [-0.2, 0) is 9.53 Å². The molecule has 3 atom stereocenters. The van der Waals surface area contributed by atoms with Crippen molar-refractivity contribution in [3.63, 3.8) is 0 Å². The van der Waals surface area contributed by atoms with Crippen LogP contribution in [0.2, 0.25) is 0 Å². The van der Waals surface area contributed by atoms with E-state index in [9.17, 15) is 18.0 Å². The van der Waals surface area contributed by atoms with Gasteiger partial charge in [0, 0.05) is 43.6 Å². The Balaban J connectivity index is 1.70. The van der Waals surface area contributed by atoms with Crippen molar-refractivity contribution in [1.82, 2.24) is 10.6 Å². The molecule has 1 fully saturated rings. The van der Waals surface area contributed by atoms with Gasteiger partial charge in [0.05, 0.1) is 19.3 Å². The lowest BCUT2D eigenvalue weighted by molar-refractivity contribution is -0.161. The normalized spacial score (nSPS) is 16.0. The summed E-state index contributed by atoms with van der Waals surface area (Å²) in [6, 6.07) is 12.2. The number of carbonyl (C=O) groups excluding carboxylic acids is 1. The highest BCUT2D eigenvalue weighted by Gasteiger charge is 2.43. The molecule has 0 saturated carbocycles. The van der Waals surface area contributed by atoms with Crippen LogP contribution < -0.4 is 32.3 Å². The van der Waals surface area contributed by atoms with Gasteiger partial charge in [-0.2, -0.15) is 13.2 Å². The van der Waals surface area contributed by atoms with Crippen LogP contribution in [0.3, 0.4) is 0 Å². The maximum atomic E-state index is 14.1. The first-order chi connectivity index (χ1) is 20.0. The number of benzene rings is 2. The van der Waals surface area contributed by atoms with Crippen LogP contribution >= 0.6 is 0 Å². The standard InChI is InChI=1S/C30H44F3N7O2/c1-21(2)19-26(39-27(30(31,32)33)22-7-4-3-5-8-22)28(41)38-24(9-6-14-36-29(34)35)20-37-23-10-12-25(13-11-23)40-15-17-42-18-16-40/h3-5,7-8,10-13,21,24,26-27,37,39H,6,9,14-20H2,1-2H3,(H,38,41)(H4,34,35,36)/t24-,26-,27-/m0/s1. The number of nitrogens with two attached hydrogens (primary N) is 2. The number of alkyl halides is 3. The summed E-state index contributed by atoms with van der Waals surface area (Å²) in [5, 5.41) is 8.96. The van der Waals surface area contributed by atoms with Crippen molar-refractivity contribution in [3.8, 4) is 0 Å². The van der Waals surface area contributed by atoms with E-state index in [2.05, 4.69) is 25.8 Å². The van der Waals surface area contributed by atoms with Gasteiger partial charge >= 0.3 is 6.18 Å². The van der Waals surface area contributed by atoms with Crippen LogP contribution in [0.25, 0.3) is 0 Å². The molecule has 1 saturated heterocycles. The van der Waals surface area contributed by atoms with Crippen molar-refractivity contribution in [2.75, 3.05) is 49.6 Å². The van der Waals surface area contributed by atoms with Crippen LogP contribution in [-0.4, -0.2) is 69.5 Å². The van der Waals surface area contributed by atoms with Crippen molar-refractivity contribution in [2.45, 2.75) is 57.4 Å². The fraction of sp³-hybridized carbons (Fsp3) is 0.533. The number of hydrogen-bond acceptors (Lipinski definition) is 6. The average Bonchev–Trinajstić information content (AvgIpc) is 2.96. The van der Waals surface area contributed by atoms with E-state index in [1.165, 1.54) is 12.1 Å². The quantitative estimate of drug-likeness (QED) is 0.121. The van der Waals surface area contributed by atoms with Crippen molar-refractivity contribution >= 4 is 23.2 Å². The van der Waals surface area contributed by atoms with E-state index in [0.717, 1.165) is 24.5 Å². The molecule has 0 unspecified atom stereocenters. The highest BCUT2D eigenvalue weighted by Crippen LogP contribution is 2.33. The first-order valence-corrected chi connectivity index (χ1v) is 14.4. The molecule has 0 aliphatic carbocycles. The average molecular weight is 592 g/mol. The molecule has 12 heteroatoms. The van der Waals surface area contributed by atoms with E-state index < -0.39 is 24.2 Å². The van der Waals surface area contributed by atoms with E-state index in [0.29, 0.717) is 39.1 Å². The van der Waals surface area contributed by atoms with E-state index >= 15 is 0 Å². The minimum Gasteiger partial charge on any atom is -0.383 e. The molecule has 1 amide bonds. The minimum absolute atomic E-state index is 0.0127. The third kappa shape index (κ3) is 11.1. The summed E-state index contributed by atoms with van der Waals surface area (Å²) < 4.78 is 47.8.